The van der Waals surface area contributed by atoms with Crippen LogP contribution in [-0.4, -0.2) is 55.3 Å². The molecule has 0 saturated heterocycles. The van der Waals surface area contributed by atoms with Gasteiger partial charge in [0.1, 0.15) is 5.75 Å². The molecule has 0 aliphatic heterocycles. The van der Waals surface area contributed by atoms with E-state index in [-0.39, 0.29) is 18.3 Å². The Kier molecular flexibility index (Phi) is 10.1. The van der Waals surface area contributed by atoms with E-state index in [2.05, 4.69) is 36.1 Å². The number of thioether (sulfide) groups is 1. The molecule has 0 atom stereocenters. The van der Waals surface area contributed by atoms with Gasteiger partial charge >= 0.3 is 0 Å². The van der Waals surface area contributed by atoms with Crippen LogP contribution in [0, 0.1) is 6.92 Å². The smallest absolute Gasteiger partial charge is 0.229 e. The second-order valence-electron chi connectivity index (χ2n) is 7.32. The lowest BCUT2D eigenvalue weighted by Crippen LogP contribution is -2.36. The van der Waals surface area contributed by atoms with Crippen molar-refractivity contribution in [3.05, 3.63) is 48.0 Å². The monoisotopic (exact) mass is 479 g/mol. The summed E-state index contributed by atoms with van der Waals surface area (Å²) in [5.41, 5.74) is 2.14. The molecule has 2 aromatic carbocycles. The SMILES string of the molecule is CCOc1ccc2nc(N(CCN(C)C)C(=O)CCSc3ccc(C)cc3)sc2c1.Cl. The number of likely N-dealkylation sites (N-methyl/N-ethyl adjacent to an activating group) is 1. The zero-order valence-corrected chi connectivity index (χ0v) is 20.9. The van der Waals surface area contributed by atoms with Crippen LogP contribution in [0.15, 0.2) is 47.4 Å². The molecule has 0 bridgehead atoms. The van der Waals surface area contributed by atoms with Crippen LogP contribution >= 0.6 is 35.5 Å². The number of fused-ring (bicyclic) bond motifs is 1. The van der Waals surface area contributed by atoms with Gasteiger partial charge in [-0.2, -0.15) is 0 Å². The minimum Gasteiger partial charge on any atom is -0.494 e. The number of carbonyl (C=O) groups excluding carboxylic acids is 1. The van der Waals surface area contributed by atoms with Crippen molar-refractivity contribution in [3.8, 4) is 5.75 Å². The molecule has 5 nitrogen and oxygen atoms in total. The van der Waals surface area contributed by atoms with Gasteiger partial charge in [-0.1, -0.05) is 29.0 Å². The maximum atomic E-state index is 13.1. The molecule has 0 saturated carbocycles. The molecule has 0 aliphatic rings. The first-order valence-corrected chi connectivity index (χ1v) is 11.9. The zero-order chi connectivity index (χ0) is 21.5. The third kappa shape index (κ3) is 7.38. The highest BCUT2D eigenvalue weighted by molar-refractivity contribution is 7.99. The average Bonchev–Trinajstić information content (AvgIpc) is 3.12. The molecule has 0 aliphatic carbocycles. The lowest BCUT2D eigenvalue weighted by molar-refractivity contribution is -0.118. The van der Waals surface area contributed by atoms with E-state index >= 15 is 0 Å². The number of aryl methyl sites for hydroxylation is 1. The van der Waals surface area contributed by atoms with Crippen molar-refractivity contribution >= 4 is 56.8 Å². The minimum atomic E-state index is 0. The highest BCUT2D eigenvalue weighted by Gasteiger charge is 2.20. The van der Waals surface area contributed by atoms with Gasteiger partial charge in [-0.15, -0.1) is 24.2 Å². The van der Waals surface area contributed by atoms with Crippen molar-refractivity contribution in [3.63, 3.8) is 0 Å². The molecular weight excluding hydrogens is 450 g/mol. The van der Waals surface area contributed by atoms with Gasteiger partial charge < -0.3 is 9.64 Å². The van der Waals surface area contributed by atoms with E-state index in [1.165, 1.54) is 10.5 Å². The average molecular weight is 480 g/mol. The molecule has 31 heavy (non-hydrogen) atoms. The van der Waals surface area contributed by atoms with Crippen molar-refractivity contribution in [2.24, 2.45) is 0 Å². The Labute approximate surface area is 199 Å². The van der Waals surface area contributed by atoms with E-state index in [1.54, 1.807) is 23.1 Å². The Morgan fingerprint density at radius 2 is 1.87 bits per heavy atom. The number of hydrogen-bond acceptors (Lipinski definition) is 6. The van der Waals surface area contributed by atoms with E-state index in [1.807, 2.05) is 44.1 Å². The van der Waals surface area contributed by atoms with Crippen LogP contribution in [-0.2, 0) is 4.79 Å². The molecule has 0 unspecified atom stereocenters. The van der Waals surface area contributed by atoms with Gasteiger partial charge in [0.25, 0.3) is 0 Å². The molecule has 0 fully saturated rings. The molecular formula is C23H30ClN3O2S2. The highest BCUT2D eigenvalue weighted by atomic mass is 35.5. The molecule has 8 heteroatoms. The molecule has 1 aromatic heterocycles. The summed E-state index contributed by atoms with van der Waals surface area (Å²) in [7, 11) is 4.03. The van der Waals surface area contributed by atoms with Gasteiger partial charge in [0.05, 0.1) is 16.8 Å². The Morgan fingerprint density at radius 1 is 1.13 bits per heavy atom. The molecule has 168 valence electrons. The second kappa shape index (κ2) is 12.3. The lowest BCUT2D eigenvalue weighted by atomic mass is 10.2. The fourth-order valence-corrected chi connectivity index (χ4v) is 4.80. The predicted octanol–water partition coefficient (Wildman–Crippen LogP) is 5.50. The number of hydrogen-bond donors (Lipinski definition) is 0. The standard InChI is InChI=1S/C23H29N3O2S2.ClH/c1-5-28-18-8-11-20-21(16-18)30-23(24-20)26(14-13-25(3)4)22(27)12-15-29-19-9-6-17(2)7-10-19;/h6-11,16H,5,12-15H2,1-4H3;1H. The quantitative estimate of drug-likeness (QED) is 0.359. The van der Waals surface area contributed by atoms with E-state index in [0.717, 1.165) is 33.4 Å². The zero-order valence-electron chi connectivity index (χ0n) is 18.5. The maximum absolute atomic E-state index is 13.1. The number of aromatic nitrogens is 1. The van der Waals surface area contributed by atoms with Crippen LogP contribution in [0.25, 0.3) is 10.2 Å². The van der Waals surface area contributed by atoms with Crippen LogP contribution in [0.2, 0.25) is 0 Å². The van der Waals surface area contributed by atoms with Gasteiger partial charge in [-0.25, -0.2) is 4.98 Å². The predicted molar refractivity (Wildman–Crippen MR) is 135 cm³/mol. The van der Waals surface area contributed by atoms with Gasteiger partial charge in [-0.3, -0.25) is 9.69 Å². The second-order valence-corrected chi connectivity index (χ2v) is 9.50. The Balaban J connectivity index is 0.00000341. The summed E-state index contributed by atoms with van der Waals surface area (Å²) in [6.45, 7) is 6.09. The number of nitrogens with zero attached hydrogens (tertiary/aromatic N) is 3. The molecule has 1 amide bonds. The van der Waals surface area contributed by atoms with E-state index in [4.69, 9.17) is 9.72 Å². The highest BCUT2D eigenvalue weighted by Crippen LogP contribution is 2.32. The first kappa shape index (κ1) is 25.5. The van der Waals surface area contributed by atoms with Crippen LogP contribution in [0.5, 0.6) is 5.75 Å². The van der Waals surface area contributed by atoms with Gasteiger partial charge in [0.15, 0.2) is 5.13 Å². The number of amides is 1. The normalized spacial score (nSPS) is 10.9. The Hall–Kier alpha value is -1.80. The molecule has 0 N–H and O–H groups in total. The van der Waals surface area contributed by atoms with Gasteiger partial charge in [-0.05, 0) is 58.3 Å². The largest absolute Gasteiger partial charge is 0.494 e. The van der Waals surface area contributed by atoms with Crippen molar-refractivity contribution in [2.45, 2.75) is 25.2 Å². The van der Waals surface area contributed by atoms with Crippen molar-refractivity contribution in [1.29, 1.82) is 0 Å². The van der Waals surface area contributed by atoms with Gasteiger partial charge in [0, 0.05) is 30.2 Å². The fourth-order valence-electron chi connectivity index (χ4n) is 2.92. The number of rotatable bonds is 10. The summed E-state index contributed by atoms with van der Waals surface area (Å²) in [6.07, 6.45) is 0.478. The summed E-state index contributed by atoms with van der Waals surface area (Å²) in [4.78, 5) is 22.9. The number of anilines is 1. The van der Waals surface area contributed by atoms with Crippen LogP contribution in [0.4, 0.5) is 5.13 Å². The summed E-state index contributed by atoms with van der Waals surface area (Å²) < 4.78 is 6.64. The Morgan fingerprint density at radius 3 is 2.55 bits per heavy atom. The van der Waals surface area contributed by atoms with Crippen LogP contribution in [0.1, 0.15) is 18.9 Å². The molecule has 3 aromatic rings. The summed E-state index contributed by atoms with van der Waals surface area (Å²) in [5, 5.41) is 0.755. The first-order valence-electron chi connectivity index (χ1n) is 10.1. The van der Waals surface area contributed by atoms with Crippen molar-refractivity contribution in [1.82, 2.24) is 9.88 Å². The number of ether oxygens (including phenoxy) is 1. The molecule has 0 spiro atoms. The third-order valence-corrected chi connectivity index (χ3v) is 6.62. The van der Waals surface area contributed by atoms with Crippen molar-refractivity contribution < 1.29 is 9.53 Å². The Bertz CT molecular complexity index is 977. The number of halogens is 1. The first-order chi connectivity index (χ1) is 14.5. The summed E-state index contributed by atoms with van der Waals surface area (Å²) >= 11 is 3.26. The van der Waals surface area contributed by atoms with Crippen LogP contribution in [0.3, 0.4) is 0 Å². The topological polar surface area (TPSA) is 45.7 Å². The minimum absolute atomic E-state index is 0. The van der Waals surface area contributed by atoms with E-state index in [9.17, 15) is 4.79 Å². The number of carbonyl (C=O) groups is 1. The molecule has 0 radical (unpaired) electrons. The maximum Gasteiger partial charge on any atom is 0.229 e. The molecule has 1 heterocycles. The van der Waals surface area contributed by atoms with E-state index in [0.29, 0.717) is 19.6 Å². The summed E-state index contributed by atoms with van der Waals surface area (Å²) in [6, 6.07) is 14.3. The molecule has 3 rings (SSSR count). The van der Waals surface area contributed by atoms with Crippen LogP contribution < -0.4 is 9.64 Å². The summed E-state index contributed by atoms with van der Waals surface area (Å²) in [5.74, 6) is 1.70. The van der Waals surface area contributed by atoms with E-state index < -0.39 is 0 Å². The number of benzene rings is 2. The van der Waals surface area contributed by atoms with Gasteiger partial charge in [0.2, 0.25) is 5.91 Å². The third-order valence-electron chi connectivity index (χ3n) is 4.57. The number of thiazole rings is 1. The lowest BCUT2D eigenvalue weighted by Gasteiger charge is -2.22. The van der Waals surface area contributed by atoms with Crippen molar-refractivity contribution in [2.75, 3.05) is 44.4 Å². The fraction of sp³-hybridized carbons (Fsp3) is 0.391.